The summed E-state index contributed by atoms with van der Waals surface area (Å²) in [6.45, 7) is 1.05. The van der Waals surface area contributed by atoms with Crippen LogP contribution in [0.4, 0.5) is 0 Å². The number of ketones is 1. The highest BCUT2D eigenvalue weighted by molar-refractivity contribution is 5.88. The zero-order chi connectivity index (χ0) is 11.5. The number of hydrogen-bond acceptors (Lipinski definition) is 6. The Labute approximate surface area is 79.2 Å². The van der Waals surface area contributed by atoms with Crippen molar-refractivity contribution in [1.29, 1.82) is 0 Å². The van der Waals surface area contributed by atoms with E-state index in [-0.39, 0.29) is 0 Å². The van der Waals surface area contributed by atoms with Gasteiger partial charge in [-0.1, -0.05) is 0 Å². The molecular weight excluding hydrogens is 196 g/mol. The smallest absolute Gasteiger partial charge is 0.335 e. The lowest BCUT2D eigenvalue weighted by Crippen LogP contribution is -2.48. The van der Waals surface area contributed by atoms with Gasteiger partial charge in [0.1, 0.15) is 18.3 Å². The molecule has 7 nitrogen and oxygen atoms in total. The molecule has 0 aromatic carbocycles. The van der Waals surface area contributed by atoms with Gasteiger partial charge in [-0.25, -0.2) is 4.79 Å². The maximum absolute atomic E-state index is 10.8. The van der Waals surface area contributed by atoms with Gasteiger partial charge < -0.3 is 25.5 Å². The zero-order valence-electron chi connectivity index (χ0n) is 7.36. The predicted octanol–water partition coefficient (Wildman–Crippen LogP) is -2.90. The SMILES string of the molecule is CC(O)C(=O)[C@H](O)[C@@H](O)[C@H](O)C(=O)O. The molecule has 82 valence electrons. The van der Waals surface area contributed by atoms with Crippen LogP contribution in [-0.4, -0.2) is 61.7 Å². The van der Waals surface area contributed by atoms with Gasteiger partial charge in [-0.05, 0) is 6.92 Å². The highest BCUT2D eigenvalue weighted by atomic mass is 16.4. The van der Waals surface area contributed by atoms with Crippen molar-refractivity contribution in [3.63, 3.8) is 0 Å². The monoisotopic (exact) mass is 208 g/mol. The number of aliphatic hydroxyl groups is 4. The summed E-state index contributed by atoms with van der Waals surface area (Å²) in [6, 6.07) is 0. The van der Waals surface area contributed by atoms with Crippen LogP contribution in [0.3, 0.4) is 0 Å². The fourth-order valence-corrected chi connectivity index (χ4v) is 0.734. The van der Waals surface area contributed by atoms with E-state index in [0.29, 0.717) is 0 Å². The van der Waals surface area contributed by atoms with E-state index in [1.807, 2.05) is 0 Å². The standard InChI is InChI=1S/C7H12O7/c1-2(8)3(9)4(10)5(11)6(12)7(13)14/h2,4-6,8,10-12H,1H3,(H,13,14)/t2?,4-,5+,6-/m0/s1. The Morgan fingerprint density at radius 1 is 1.00 bits per heavy atom. The minimum absolute atomic E-state index is 1.05. The first-order chi connectivity index (χ1) is 6.29. The van der Waals surface area contributed by atoms with Gasteiger partial charge in [0.2, 0.25) is 0 Å². The molecule has 0 saturated carbocycles. The molecule has 0 radical (unpaired) electrons. The molecular formula is C7H12O7. The normalized spacial score (nSPS) is 19.5. The number of aliphatic carboxylic acids is 1. The molecule has 5 N–H and O–H groups in total. The maximum Gasteiger partial charge on any atom is 0.335 e. The van der Waals surface area contributed by atoms with Gasteiger partial charge in [0, 0.05) is 0 Å². The Balaban J connectivity index is 4.46. The van der Waals surface area contributed by atoms with Crippen molar-refractivity contribution in [1.82, 2.24) is 0 Å². The fraction of sp³-hybridized carbons (Fsp3) is 0.714. The maximum atomic E-state index is 10.8. The number of hydrogen-bond donors (Lipinski definition) is 5. The van der Waals surface area contributed by atoms with Gasteiger partial charge >= 0.3 is 5.97 Å². The predicted molar refractivity (Wildman–Crippen MR) is 42.3 cm³/mol. The van der Waals surface area contributed by atoms with E-state index in [1.165, 1.54) is 0 Å². The molecule has 0 aromatic heterocycles. The number of Topliss-reactive ketones (excluding diaryl/α,β-unsaturated/α-hetero) is 1. The minimum atomic E-state index is -2.27. The average Bonchev–Trinajstić information content (AvgIpc) is 2.12. The molecule has 0 bridgehead atoms. The third-order valence-electron chi connectivity index (χ3n) is 1.60. The van der Waals surface area contributed by atoms with E-state index in [0.717, 1.165) is 6.92 Å². The highest BCUT2D eigenvalue weighted by Gasteiger charge is 2.35. The fourth-order valence-electron chi connectivity index (χ4n) is 0.734. The quantitative estimate of drug-likeness (QED) is 0.327. The van der Waals surface area contributed by atoms with E-state index in [4.69, 9.17) is 25.5 Å². The number of carboxylic acids is 1. The lowest BCUT2D eigenvalue weighted by atomic mass is 10.0. The number of carboxylic acid groups (broad SMARTS) is 1. The average molecular weight is 208 g/mol. The third-order valence-corrected chi connectivity index (χ3v) is 1.60. The topological polar surface area (TPSA) is 135 Å². The van der Waals surface area contributed by atoms with Gasteiger partial charge in [0.25, 0.3) is 0 Å². The number of carbonyl (C=O) groups is 2. The van der Waals surface area contributed by atoms with Crippen LogP contribution in [-0.2, 0) is 9.59 Å². The molecule has 0 heterocycles. The molecule has 4 atom stereocenters. The molecule has 1 unspecified atom stereocenters. The lowest BCUT2D eigenvalue weighted by molar-refractivity contribution is -0.162. The summed E-state index contributed by atoms with van der Waals surface area (Å²) in [5, 5.41) is 43.6. The van der Waals surface area contributed by atoms with Gasteiger partial charge in [0.05, 0.1) is 0 Å². The first kappa shape index (κ1) is 13.0. The summed E-state index contributed by atoms with van der Waals surface area (Å²) < 4.78 is 0. The molecule has 0 spiro atoms. The summed E-state index contributed by atoms with van der Waals surface area (Å²) in [4.78, 5) is 21.0. The molecule has 7 heteroatoms. The largest absolute Gasteiger partial charge is 0.479 e. The molecule has 0 fully saturated rings. The molecule has 14 heavy (non-hydrogen) atoms. The summed E-state index contributed by atoms with van der Waals surface area (Å²) in [5.74, 6) is -2.92. The van der Waals surface area contributed by atoms with Gasteiger partial charge in [-0.2, -0.15) is 0 Å². The second-order valence-electron chi connectivity index (χ2n) is 2.80. The van der Waals surface area contributed by atoms with E-state index in [9.17, 15) is 9.59 Å². The van der Waals surface area contributed by atoms with Crippen LogP contribution < -0.4 is 0 Å². The molecule has 0 rings (SSSR count). The number of carbonyl (C=O) groups excluding carboxylic acids is 1. The number of rotatable bonds is 5. The van der Waals surface area contributed by atoms with E-state index >= 15 is 0 Å². The third kappa shape index (κ3) is 3.04. The molecule has 0 aromatic rings. The van der Waals surface area contributed by atoms with Crippen LogP contribution in [0.5, 0.6) is 0 Å². The second-order valence-corrected chi connectivity index (χ2v) is 2.80. The Morgan fingerprint density at radius 2 is 1.43 bits per heavy atom. The van der Waals surface area contributed by atoms with Crippen molar-refractivity contribution in [2.24, 2.45) is 0 Å². The van der Waals surface area contributed by atoms with Gasteiger partial charge in [0.15, 0.2) is 11.9 Å². The van der Waals surface area contributed by atoms with Crippen molar-refractivity contribution in [2.75, 3.05) is 0 Å². The zero-order valence-corrected chi connectivity index (χ0v) is 7.36. The highest BCUT2D eigenvalue weighted by Crippen LogP contribution is 2.04. The molecule has 0 aliphatic rings. The molecule has 0 amide bonds. The molecule has 0 aliphatic carbocycles. The van der Waals surface area contributed by atoms with Crippen molar-refractivity contribution >= 4 is 11.8 Å². The van der Waals surface area contributed by atoms with Crippen molar-refractivity contribution in [2.45, 2.75) is 31.3 Å². The van der Waals surface area contributed by atoms with E-state index in [2.05, 4.69) is 0 Å². The summed E-state index contributed by atoms with van der Waals surface area (Å²) in [7, 11) is 0. The minimum Gasteiger partial charge on any atom is -0.479 e. The molecule has 0 aliphatic heterocycles. The van der Waals surface area contributed by atoms with Gasteiger partial charge in [-0.3, -0.25) is 4.79 Å². The second kappa shape index (κ2) is 5.01. The van der Waals surface area contributed by atoms with Gasteiger partial charge in [-0.15, -0.1) is 0 Å². The van der Waals surface area contributed by atoms with Crippen molar-refractivity contribution in [3.05, 3.63) is 0 Å². The van der Waals surface area contributed by atoms with Crippen LogP contribution in [0.15, 0.2) is 0 Å². The molecule has 0 saturated heterocycles. The number of aliphatic hydroxyl groups excluding tert-OH is 4. The lowest BCUT2D eigenvalue weighted by Gasteiger charge is -2.19. The first-order valence-corrected chi connectivity index (χ1v) is 3.77. The van der Waals surface area contributed by atoms with Crippen LogP contribution in [0.25, 0.3) is 0 Å². The first-order valence-electron chi connectivity index (χ1n) is 3.77. The van der Waals surface area contributed by atoms with E-state index in [1.54, 1.807) is 0 Å². The van der Waals surface area contributed by atoms with Crippen LogP contribution in [0, 0.1) is 0 Å². The van der Waals surface area contributed by atoms with E-state index < -0.39 is 36.2 Å². The Kier molecular flexibility index (Phi) is 4.64. The van der Waals surface area contributed by atoms with Crippen LogP contribution in [0.2, 0.25) is 0 Å². The summed E-state index contributed by atoms with van der Waals surface area (Å²) >= 11 is 0. The van der Waals surface area contributed by atoms with Crippen molar-refractivity contribution < 1.29 is 35.1 Å². The Morgan fingerprint density at radius 3 is 1.71 bits per heavy atom. The van der Waals surface area contributed by atoms with Crippen LogP contribution >= 0.6 is 0 Å². The Hall–Kier alpha value is -1.02. The van der Waals surface area contributed by atoms with Crippen molar-refractivity contribution in [3.8, 4) is 0 Å². The van der Waals surface area contributed by atoms with Crippen LogP contribution in [0.1, 0.15) is 6.92 Å². The summed E-state index contributed by atoms with van der Waals surface area (Å²) in [6.07, 6.45) is -8.09. The Bertz CT molecular complexity index is 224. The summed E-state index contributed by atoms with van der Waals surface area (Å²) in [5.41, 5.74) is 0.